The fourth-order valence-corrected chi connectivity index (χ4v) is 4.90. The minimum Gasteiger partial charge on any atom is -0.493 e. The van der Waals surface area contributed by atoms with Crippen LogP contribution in [0.25, 0.3) is 15.9 Å². The second-order valence-electron chi connectivity index (χ2n) is 7.67. The number of aromatic nitrogens is 3. The minimum absolute atomic E-state index is 0.00816. The number of hydrogen-bond acceptors (Lipinski definition) is 6. The zero-order chi connectivity index (χ0) is 23.7. The number of benzene rings is 2. The van der Waals surface area contributed by atoms with E-state index in [2.05, 4.69) is 15.3 Å². The molecule has 3 aromatic heterocycles. The topological polar surface area (TPSA) is 97.7 Å². The molecule has 9 heteroatoms. The summed E-state index contributed by atoms with van der Waals surface area (Å²) in [4.78, 5) is 33.9. The average molecular weight is 475 g/mol. The summed E-state index contributed by atoms with van der Waals surface area (Å²) in [6, 6.07) is 13.6. The number of aromatic amines is 1. The van der Waals surface area contributed by atoms with E-state index in [-0.39, 0.29) is 18.0 Å². The average Bonchev–Trinajstić information content (AvgIpc) is 3.52. The molecule has 1 atom stereocenters. The third-order valence-electron chi connectivity index (χ3n) is 5.86. The van der Waals surface area contributed by atoms with Gasteiger partial charge in [-0.2, -0.15) is 0 Å². The van der Waals surface area contributed by atoms with Crippen LogP contribution in [0.5, 0.6) is 11.5 Å². The molecule has 34 heavy (non-hydrogen) atoms. The number of carbonyl (C=O) groups is 1. The highest BCUT2D eigenvalue weighted by Crippen LogP contribution is 2.40. The second kappa shape index (κ2) is 9.03. The standard InChI is InChI=1S/C25H22N4O4S/c1-32-21-9-5-7-16(22(21)33-2)18(17-12-26-20-8-4-3-6-15(17)20)13-27-23(30)19-14-28-25-29(24(19)31)10-11-34-25/h3-12,14,18,26H,13H2,1-2H3,(H,27,30). The number of thiazole rings is 1. The Balaban J connectivity index is 1.55. The number of fused-ring (bicyclic) bond motifs is 2. The number of nitrogens with zero attached hydrogens (tertiary/aromatic N) is 2. The number of methoxy groups -OCH3 is 2. The molecule has 2 aromatic carbocycles. The fourth-order valence-electron chi connectivity index (χ4n) is 4.23. The van der Waals surface area contributed by atoms with Crippen molar-refractivity contribution in [3.8, 4) is 11.5 Å². The predicted molar refractivity (Wildman–Crippen MR) is 131 cm³/mol. The molecule has 1 amide bonds. The quantitative estimate of drug-likeness (QED) is 0.374. The first-order valence-electron chi connectivity index (χ1n) is 10.6. The Morgan fingerprint density at radius 1 is 1.15 bits per heavy atom. The summed E-state index contributed by atoms with van der Waals surface area (Å²) in [6.45, 7) is 0.232. The Morgan fingerprint density at radius 3 is 2.82 bits per heavy atom. The van der Waals surface area contributed by atoms with Gasteiger partial charge in [0.15, 0.2) is 16.5 Å². The summed E-state index contributed by atoms with van der Waals surface area (Å²) in [5, 5.41) is 5.73. The maximum atomic E-state index is 13.1. The predicted octanol–water partition coefficient (Wildman–Crippen LogP) is 3.82. The van der Waals surface area contributed by atoms with Gasteiger partial charge in [-0.3, -0.25) is 14.0 Å². The lowest BCUT2D eigenvalue weighted by Crippen LogP contribution is -2.34. The van der Waals surface area contributed by atoms with Gasteiger partial charge >= 0.3 is 0 Å². The molecule has 0 fully saturated rings. The molecule has 3 heterocycles. The molecule has 0 aliphatic heterocycles. The van der Waals surface area contributed by atoms with Crippen LogP contribution in [0.3, 0.4) is 0 Å². The number of amides is 1. The molecule has 0 radical (unpaired) electrons. The molecular formula is C25H22N4O4S. The van der Waals surface area contributed by atoms with Crippen molar-refractivity contribution in [3.63, 3.8) is 0 Å². The van der Waals surface area contributed by atoms with Crippen molar-refractivity contribution >= 4 is 33.1 Å². The van der Waals surface area contributed by atoms with Crippen molar-refractivity contribution in [2.45, 2.75) is 5.92 Å². The van der Waals surface area contributed by atoms with Crippen molar-refractivity contribution < 1.29 is 14.3 Å². The van der Waals surface area contributed by atoms with Gasteiger partial charge in [-0.1, -0.05) is 30.3 Å². The molecule has 0 bridgehead atoms. The lowest BCUT2D eigenvalue weighted by Gasteiger charge is -2.22. The van der Waals surface area contributed by atoms with Crippen LogP contribution in [0.4, 0.5) is 0 Å². The molecular weight excluding hydrogens is 452 g/mol. The second-order valence-corrected chi connectivity index (χ2v) is 8.54. The van der Waals surface area contributed by atoms with E-state index in [1.54, 1.807) is 25.8 Å². The zero-order valence-electron chi connectivity index (χ0n) is 18.6. The Hall–Kier alpha value is -4.11. The van der Waals surface area contributed by atoms with Crippen molar-refractivity contribution in [2.75, 3.05) is 20.8 Å². The van der Waals surface area contributed by atoms with Crippen LogP contribution in [0.2, 0.25) is 0 Å². The summed E-state index contributed by atoms with van der Waals surface area (Å²) in [6.07, 6.45) is 4.88. The maximum Gasteiger partial charge on any atom is 0.271 e. The number of hydrogen-bond donors (Lipinski definition) is 2. The molecule has 0 saturated carbocycles. The van der Waals surface area contributed by atoms with Crippen LogP contribution < -0.4 is 20.3 Å². The highest BCUT2D eigenvalue weighted by molar-refractivity contribution is 7.15. The highest BCUT2D eigenvalue weighted by Gasteiger charge is 2.25. The van der Waals surface area contributed by atoms with Crippen molar-refractivity contribution in [2.24, 2.45) is 0 Å². The fraction of sp³-hybridized carbons (Fsp3) is 0.160. The summed E-state index contributed by atoms with van der Waals surface area (Å²) in [5.41, 5.74) is 2.43. The molecule has 0 aliphatic carbocycles. The van der Waals surface area contributed by atoms with E-state index in [1.165, 1.54) is 21.9 Å². The number of rotatable bonds is 7. The summed E-state index contributed by atoms with van der Waals surface area (Å²) in [7, 11) is 3.18. The first-order chi connectivity index (χ1) is 16.6. The third kappa shape index (κ3) is 3.69. The SMILES string of the molecule is COc1cccc(C(CNC(=O)c2cnc3sccn3c2=O)c2c[nH]c3ccccc23)c1OC. The minimum atomic E-state index is -0.482. The van der Waals surface area contributed by atoms with Crippen LogP contribution in [0, 0.1) is 0 Å². The molecule has 0 aliphatic rings. The van der Waals surface area contributed by atoms with Crippen molar-refractivity contribution in [1.82, 2.24) is 19.7 Å². The van der Waals surface area contributed by atoms with Crippen LogP contribution in [-0.4, -0.2) is 41.0 Å². The first-order valence-corrected chi connectivity index (χ1v) is 11.5. The van der Waals surface area contributed by atoms with Gasteiger partial charge in [0.05, 0.1) is 14.2 Å². The van der Waals surface area contributed by atoms with Crippen molar-refractivity contribution in [1.29, 1.82) is 0 Å². The van der Waals surface area contributed by atoms with E-state index >= 15 is 0 Å². The Labute approximate surface area is 198 Å². The number of ether oxygens (including phenoxy) is 2. The van der Waals surface area contributed by atoms with E-state index in [4.69, 9.17) is 9.47 Å². The van der Waals surface area contributed by atoms with Crippen LogP contribution in [0.1, 0.15) is 27.4 Å². The smallest absolute Gasteiger partial charge is 0.271 e. The van der Waals surface area contributed by atoms with Crippen molar-refractivity contribution in [3.05, 3.63) is 93.5 Å². The lowest BCUT2D eigenvalue weighted by atomic mass is 9.89. The van der Waals surface area contributed by atoms with Crippen LogP contribution >= 0.6 is 11.3 Å². The zero-order valence-corrected chi connectivity index (χ0v) is 19.4. The summed E-state index contributed by atoms with van der Waals surface area (Å²) >= 11 is 1.34. The van der Waals surface area contributed by atoms with Gasteiger partial charge in [0, 0.05) is 52.9 Å². The van der Waals surface area contributed by atoms with Gasteiger partial charge < -0.3 is 19.8 Å². The lowest BCUT2D eigenvalue weighted by molar-refractivity contribution is 0.0950. The van der Waals surface area contributed by atoms with Gasteiger partial charge in [0.25, 0.3) is 11.5 Å². The normalized spacial score (nSPS) is 12.1. The van der Waals surface area contributed by atoms with Gasteiger partial charge in [0.2, 0.25) is 0 Å². The molecule has 0 spiro atoms. The van der Waals surface area contributed by atoms with Crippen LogP contribution in [-0.2, 0) is 0 Å². The summed E-state index contributed by atoms with van der Waals surface area (Å²) < 4.78 is 12.6. The monoisotopic (exact) mass is 474 g/mol. The Bertz CT molecular complexity index is 1550. The largest absolute Gasteiger partial charge is 0.493 e. The molecule has 8 nitrogen and oxygen atoms in total. The van der Waals surface area contributed by atoms with E-state index in [9.17, 15) is 9.59 Å². The first kappa shape index (κ1) is 21.7. The van der Waals surface area contributed by atoms with Gasteiger partial charge in [0.1, 0.15) is 5.56 Å². The highest BCUT2D eigenvalue weighted by atomic mass is 32.1. The number of H-pyrrole nitrogens is 1. The Morgan fingerprint density at radius 2 is 2.00 bits per heavy atom. The maximum absolute atomic E-state index is 13.1. The van der Waals surface area contributed by atoms with E-state index < -0.39 is 11.5 Å². The van der Waals surface area contributed by atoms with Crippen LogP contribution in [0.15, 0.2) is 71.2 Å². The van der Waals surface area contributed by atoms with E-state index in [1.807, 2.05) is 48.7 Å². The summed E-state index contributed by atoms with van der Waals surface area (Å²) in [5.74, 6) is 0.438. The molecule has 0 saturated heterocycles. The third-order valence-corrected chi connectivity index (χ3v) is 6.63. The Kier molecular flexibility index (Phi) is 5.77. The van der Waals surface area contributed by atoms with Gasteiger partial charge in [-0.15, -0.1) is 11.3 Å². The van der Waals surface area contributed by atoms with Gasteiger partial charge in [-0.25, -0.2) is 4.98 Å². The molecule has 2 N–H and O–H groups in total. The molecule has 1 unspecified atom stereocenters. The molecule has 5 rings (SSSR count). The number of nitrogens with one attached hydrogen (secondary N) is 2. The van der Waals surface area contributed by atoms with E-state index in [0.717, 1.165) is 22.0 Å². The number of para-hydroxylation sites is 2. The molecule has 172 valence electrons. The van der Waals surface area contributed by atoms with Gasteiger partial charge in [-0.05, 0) is 17.7 Å². The molecule has 5 aromatic rings. The number of carbonyl (C=O) groups excluding carboxylic acids is 1. The van der Waals surface area contributed by atoms with E-state index in [0.29, 0.717) is 16.5 Å².